The van der Waals surface area contributed by atoms with Crippen LogP contribution in [0.4, 0.5) is 5.69 Å². The van der Waals surface area contributed by atoms with E-state index >= 15 is 0 Å². The van der Waals surface area contributed by atoms with Crippen LogP contribution in [0.2, 0.25) is 0 Å². The average molecular weight is 321 g/mol. The van der Waals surface area contributed by atoms with Gasteiger partial charge in [-0.2, -0.15) is 8.42 Å². The van der Waals surface area contributed by atoms with Gasteiger partial charge in [0.2, 0.25) is 0 Å². The monoisotopic (exact) mass is 321 g/mol. The first kappa shape index (κ1) is 16.0. The molecule has 6 nitrogen and oxygen atoms in total. The molecule has 0 amide bonds. The summed E-state index contributed by atoms with van der Waals surface area (Å²) in [7, 11) is -4.04. The van der Waals surface area contributed by atoms with Crippen LogP contribution in [-0.4, -0.2) is 13.3 Å². The maximum absolute atomic E-state index is 12.3. The number of nitrogens with zero attached hydrogens (tertiary/aromatic N) is 1. The van der Waals surface area contributed by atoms with E-state index in [9.17, 15) is 18.5 Å². The number of aryl methyl sites for hydroxylation is 3. The second-order valence-corrected chi connectivity index (χ2v) is 6.56. The first-order valence-electron chi connectivity index (χ1n) is 6.47. The second kappa shape index (κ2) is 5.76. The summed E-state index contributed by atoms with van der Waals surface area (Å²) in [5.74, 6) is 0.281. The van der Waals surface area contributed by atoms with Crippen LogP contribution in [0.5, 0.6) is 5.75 Å². The lowest BCUT2D eigenvalue weighted by atomic mass is 10.1. The Morgan fingerprint density at radius 3 is 1.95 bits per heavy atom. The summed E-state index contributed by atoms with van der Waals surface area (Å²) in [6.07, 6.45) is 0. The molecule has 0 unspecified atom stereocenters. The minimum absolute atomic E-state index is 0.127. The Bertz CT molecular complexity index is 803. The number of hydrogen-bond donors (Lipinski definition) is 0. The Morgan fingerprint density at radius 2 is 1.50 bits per heavy atom. The Kier molecular flexibility index (Phi) is 4.18. The lowest BCUT2D eigenvalue weighted by molar-refractivity contribution is -0.384. The summed E-state index contributed by atoms with van der Waals surface area (Å²) < 4.78 is 29.8. The molecule has 0 bridgehead atoms. The van der Waals surface area contributed by atoms with Crippen molar-refractivity contribution in [2.24, 2.45) is 0 Å². The van der Waals surface area contributed by atoms with Crippen LogP contribution >= 0.6 is 0 Å². The molecule has 2 aromatic carbocycles. The largest absolute Gasteiger partial charge is 0.378 e. The van der Waals surface area contributed by atoms with E-state index < -0.39 is 15.0 Å². The quantitative estimate of drug-likeness (QED) is 0.490. The molecule has 116 valence electrons. The van der Waals surface area contributed by atoms with E-state index in [1.54, 1.807) is 13.8 Å². The third-order valence-corrected chi connectivity index (χ3v) is 4.37. The molecule has 0 atom stereocenters. The van der Waals surface area contributed by atoms with Gasteiger partial charge in [-0.3, -0.25) is 10.1 Å². The molecule has 0 aliphatic heterocycles. The van der Waals surface area contributed by atoms with E-state index in [1.165, 1.54) is 0 Å². The third-order valence-electron chi connectivity index (χ3n) is 3.13. The molecule has 0 fully saturated rings. The number of nitro benzene ring substituents is 1. The van der Waals surface area contributed by atoms with Crippen LogP contribution in [0.3, 0.4) is 0 Å². The predicted octanol–water partition coefficient (Wildman–Crippen LogP) is 3.29. The van der Waals surface area contributed by atoms with Gasteiger partial charge in [-0.1, -0.05) is 17.7 Å². The van der Waals surface area contributed by atoms with Crippen molar-refractivity contribution in [2.75, 3.05) is 0 Å². The minimum Gasteiger partial charge on any atom is -0.378 e. The van der Waals surface area contributed by atoms with E-state index in [1.807, 2.05) is 19.1 Å². The average Bonchev–Trinajstić information content (AvgIpc) is 2.43. The number of rotatable bonds is 4. The molecular weight excluding hydrogens is 306 g/mol. The zero-order valence-corrected chi connectivity index (χ0v) is 13.2. The molecule has 0 aliphatic carbocycles. The van der Waals surface area contributed by atoms with Crippen molar-refractivity contribution in [1.29, 1.82) is 0 Å². The van der Waals surface area contributed by atoms with Crippen molar-refractivity contribution in [2.45, 2.75) is 25.7 Å². The molecule has 0 heterocycles. The van der Waals surface area contributed by atoms with Gasteiger partial charge in [-0.15, -0.1) is 0 Å². The lowest BCUT2D eigenvalue weighted by Crippen LogP contribution is -2.11. The molecule has 2 aromatic rings. The Hall–Kier alpha value is -2.41. The van der Waals surface area contributed by atoms with Gasteiger partial charge >= 0.3 is 10.1 Å². The van der Waals surface area contributed by atoms with Crippen molar-refractivity contribution in [1.82, 2.24) is 0 Å². The van der Waals surface area contributed by atoms with E-state index in [0.29, 0.717) is 11.1 Å². The van der Waals surface area contributed by atoms with Crippen LogP contribution in [0.15, 0.2) is 41.3 Å². The second-order valence-electron chi connectivity index (χ2n) is 5.02. The summed E-state index contributed by atoms with van der Waals surface area (Å²) in [5.41, 5.74) is 2.25. The van der Waals surface area contributed by atoms with Crippen molar-refractivity contribution in [3.8, 4) is 5.75 Å². The maximum Gasteiger partial charge on any atom is 0.339 e. The van der Waals surface area contributed by atoms with Gasteiger partial charge in [0.15, 0.2) is 0 Å². The summed E-state index contributed by atoms with van der Waals surface area (Å²) in [6, 6.07) is 8.23. The van der Waals surface area contributed by atoms with Crippen LogP contribution in [0.1, 0.15) is 16.7 Å². The molecule has 0 aromatic heterocycles. The molecular formula is C15H15NO5S. The zero-order chi connectivity index (χ0) is 16.5. The highest BCUT2D eigenvalue weighted by atomic mass is 32.2. The van der Waals surface area contributed by atoms with Crippen LogP contribution in [0.25, 0.3) is 0 Å². The normalized spacial score (nSPS) is 11.2. The molecule has 0 N–H and O–H groups in total. The summed E-state index contributed by atoms with van der Waals surface area (Å²) >= 11 is 0. The lowest BCUT2D eigenvalue weighted by Gasteiger charge is -2.12. The highest BCUT2D eigenvalue weighted by molar-refractivity contribution is 7.87. The Morgan fingerprint density at radius 1 is 1.00 bits per heavy atom. The topological polar surface area (TPSA) is 86.5 Å². The van der Waals surface area contributed by atoms with E-state index in [0.717, 1.165) is 29.8 Å². The van der Waals surface area contributed by atoms with E-state index in [4.69, 9.17) is 4.18 Å². The fraction of sp³-hybridized carbons (Fsp3) is 0.200. The summed E-state index contributed by atoms with van der Waals surface area (Å²) in [5, 5.41) is 10.6. The first-order valence-corrected chi connectivity index (χ1v) is 7.88. The number of nitro groups is 1. The molecule has 0 spiro atoms. The molecule has 7 heteroatoms. The molecule has 0 aliphatic rings. The van der Waals surface area contributed by atoms with Crippen LogP contribution < -0.4 is 4.18 Å². The molecule has 0 radical (unpaired) electrons. The number of non-ortho nitro benzene ring substituents is 1. The van der Waals surface area contributed by atoms with Gasteiger partial charge in [0.1, 0.15) is 10.6 Å². The van der Waals surface area contributed by atoms with E-state index in [2.05, 4.69) is 0 Å². The summed E-state index contributed by atoms with van der Waals surface area (Å²) in [4.78, 5) is 9.88. The van der Waals surface area contributed by atoms with E-state index in [-0.39, 0.29) is 16.3 Å². The van der Waals surface area contributed by atoms with Crippen molar-refractivity contribution < 1.29 is 17.5 Å². The number of hydrogen-bond acceptors (Lipinski definition) is 5. The maximum atomic E-state index is 12.3. The predicted molar refractivity (Wildman–Crippen MR) is 81.6 cm³/mol. The van der Waals surface area contributed by atoms with Gasteiger partial charge in [-0.25, -0.2) is 0 Å². The Labute approximate surface area is 128 Å². The van der Waals surface area contributed by atoms with Gasteiger partial charge < -0.3 is 4.18 Å². The van der Waals surface area contributed by atoms with Crippen molar-refractivity contribution in [3.63, 3.8) is 0 Å². The smallest absolute Gasteiger partial charge is 0.339 e. The fourth-order valence-electron chi connectivity index (χ4n) is 2.19. The molecule has 0 saturated carbocycles. The van der Waals surface area contributed by atoms with Crippen LogP contribution in [-0.2, 0) is 10.1 Å². The molecule has 2 rings (SSSR count). The fourth-order valence-corrected chi connectivity index (χ4v) is 3.24. The standard InChI is InChI=1S/C15H15NO5S/c1-10-8-11(2)15(12(3)9-10)21-22(19,20)14-6-4-13(5-7-14)16(17)18/h4-9H,1-3H3. The summed E-state index contributed by atoms with van der Waals surface area (Å²) in [6.45, 7) is 5.44. The molecule has 0 saturated heterocycles. The SMILES string of the molecule is Cc1cc(C)c(OS(=O)(=O)c2ccc([N+](=O)[O-])cc2)c(C)c1. The highest BCUT2D eigenvalue weighted by Gasteiger charge is 2.20. The van der Waals surface area contributed by atoms with Gasteiger partial charge in [0.05, 0.1) is 4.92 Å². The molecule has 22 heavy (non-hydrogen) atoms. The van der Waals surface area contributed by atoms with Gasteiger partial charge in [-0.05, 0) is 44.0 Å². The Balaban J connectivity index is 2.38. The van der Waals surface area contributed by atoms with Crippen molar-refractivity contribution >= 4 is 15.8 Å². The zero-order valence-electron chi connectivity index (χ0n) is 12.4. The van der Waals surface area contributed by atoms with Gasteiger partial charge in [0.25, 0.3) is 5.69 Å². The number of benzene rings is 2. The van der Waals surface area contributed by atoms with Gasteiger partial charge in [0, 0.05) is 12.1 Å². The first-order chi connectivity index (χ1) is 10.2. The highest BCUT2D eigenvalue weighted by Crippen LogP contribution is 2.28. The minimum atomic E-state index is -4.04. The van der Waals surface area contributed by atoms with Crippen LogP contribution in [0, 0.1) is 30.9 Å². The van der Waals surface area contributed by atoms with Crippen molar-refractivity contribution in [3.05, 3.63) is 63.2 Å². The third kappa shape index (κ3) is 3.25.